The molecule has 0 saturated carbocycles. The van der Waals surface area contributed by atoms with Crippen LogP contribution in [0.15, 0.2) is 42.7 Å². The second kappa shape index (κ2) is 10.8. The Balaban J connectivity index is 0.000000532. The van der Waals surface area contributed by atoms with Crippen molar-refractivity contribution in [1.82, 2.24) is 4.98 Å². The summed E-state index contributed by atoms with van der Waals surface area (Å²) in [5, 5.41) is 17.2. The molecule has 0 spiro atoms. The molecule has 26 heavy (non-hydrogen) atoms. The smallest absolute Gasteiger partial charge is 0.339 e. The molecule has 1 aromatic heterocycles. The van der Waals surface area contributed by atoms with Gasteiger partial charge in [0.25, 0.3) is 0 Å². The summed E-state index contributed by atoms with van der Waals surface area (Å²) in [6.45, 7) is 2.41. The van der Waals surface area contributed by atoms with E-state index in [1.807, 2.05) is 0 Å². The summed E-state index contributed by atoms with van der Waals surface area (Å²) in [5.74, 6) is -3.42. The van der Waals surface area contributed by atoms with E-state index in [1.54, 1.807) is 6.07 Å². The minimum absolute atomic E-state index is 0. The summed E-state index contributed by atoms with van der Waals surface area (Å²) in [7, 11) is 0. The number of aromatic carboxylic acids is 2. The van der Waals surface area contributed by atoms with Gasteiger partial charge in [-0.2, -0.15) is 0 Å². The largest absolute Gasteiger partial charge is 0.478 e. The monoisotopic (exact) mass is 375 g/mol. The lowest BCUT2D eigenvalue weighted by Crippen LogP contribution is -2.11. The number of carbonyl (C=O) groups excluding carboxylic acids is 2. The molecule has 0 aliphatic rings. The Bertz CT molecular complexity index is 774. The fourth-order valence-electron chi connectivity index (χ4n) is 1.73. The molecule has 2 N–H and O–H groups in total. The molecule has 0 atom stereocenters. The van der Waals surface area contributed by atoms with E-state index in [2.05, 4.69) is 4.98 Å². The number of rotatable bonds is 4. The number of ketones is 1. The van der Waals surface area contributed by atoms with E-state index in [0.29, 0.717) is 0 Å². The second-order valence-electron chi connectivity index (χ2n) is 4.68. The highest BCUT2D eigenvalue weighted by Crippen LogP contribution is 2.24. The van der Waals surface area contributed by atoms with Crippen LogP contribution in [0.5, 0.6) is 5.75 Å². The summed E-state index contributed by atoms with van der Waals surface area (Å²) in [6.07, 6.45) is 2.84. The zero-order valence-corrected chi connectivity index (χ0v) is 13.4. The van der Waals surface area contributed by atoms with Gasteiger partial charge < -0.3 is 14.9 Å². The summed E-state index contributed by atoms with van der Waals surface area (Å²) in [4.78, 5) is 46.7. The van der Waals surface area contributed by atoms with Crippen LogP contribution in [-0.2, 0) is 4.79 Å². The first-order chi connectivity index (χ1) is 11.7. The highest BCUT2D eigenvalue weighted by molar-refractivity contribution is 6.02. The Morgan fingerprint density at radius 2 is 1.54 bits per heavy atom. The van der Waals surface area contributed by atoms with E-state index in [-0.39, 0.29) is 45.6 Å². The molecule has 0 aliphatic carbocycles. The van der Waals surface area contributed by atoms with Crippen molar-refractivity contribution in [3.8, 4) is 5.75 Å². The molecule has 2 rings (SSSR count). The van der Waals surface area contributed by atoms with Crippen LogP contribution in [0.3, 0.4) is 0 Å². The van der Waals surface area contributed by atoms with Gasteiger partial charge in [0.15, 0.2) is 28.9 Å². The summed E-state index contributed by atoms with van der Waals surface area (Å²) >= 11 is 0. The van der Waals surface area contributed by atoms with Crippen molar-refractivity contribution in [3.05, 3.63) is 59.4 Å². The van der Waals surface area contributed by atoms with Gasteiger partial charge in [0.05, 0.1) is 11.1 Å². The number of esters is 1. The maximum Gasteiger partial charge on any atom is 0.339 e. The zero-order valence-electron chi connectivity index (χ0n) is 13.4. The van der Waals surface area contributed by atoms with Crippen LogP contribution in [0.4, 0.5) is 0 Å². The van der Waals surface area contributed by atoms with E-state index in [1.165, 1.54) is 43.6 Å². The number of hydrogen-bond acceptors (Lipinski definition) is 6. The Labute approximate surface area is 159 Å². The number of carboxylic acids is 2. The molecule has 136 valence electrons. The molecule has 9 heteroatoms. The van der Waals surface area contributed by atoms with Crippen molar-refractivity contribution in [2.24, 2.45) is 0 Å². The minimum Gasteiger partial charge on any atom is -0.478 e. The van der Waals surface area contributed by atoms with Crippen LogP contribution in [0.2, 0.25) is 0 Å². The summed E-state index contributed by atoms with van der Waals surface area (Å²) in [6, 6.07) is 7.19. The van der Waals surface area contributed by atoms with Crippen LogP contribution in [0, 0.1) is 0 Å². The number of carbonyl (C=O) groups is 4. The van der Waals surface area contributed by atoms with Gasteiger partial charge in [-0.3, -0.25) is 14.6 Å². The van der Waals surface area contributed by atoms with E-state index < -0.39 is 17.9 Å². The van der Waals surface area contributed by atoms with Crippen molar-refractivity contribution < 1.29 is 34.1 Å². The normalized spacial score (nSPS) is 9.00. The third kappa shape index (κ3) is 6.85. The lowest BCUT2D eigenvalue weighted by Gasteiger charge is -2.09. The molecule has 0 radical (unpaired) electrons. The van der Waals surface area contributed by atoms with Crippen LogP contribution < -0.4 is 4.74 Å². The van der Waals surface area contributed by atoms with Crippen molar-refractivity contribution in [1.29, 1.82) is 0 Å². The van der Waals surface area contributed by atoms with Gasteiger partial charge in [-0.15, -0.1) is 0 Å². The van der Waals surface area contributed by atoms with Crippen molar-refractivity contribution >= 4 is 41.1 Å². The average Bonchev–Trinajstić information content (AvgIpc) is 2.55. The molecular formula is C17H18AlNO7. The molecule has 0 saturated heterocycles. The standard InChI is InChI=1S/C11H10O5.C6H5NO2.Al.3H/c1-6(12)8-4-3-5-9(11(14)15)10(8)16-7(2)13;8-6(9)5-2-1-3-7-4-5;;;;/h3-5H,1-2H3,(H,14,15);1-4H,(H,8,9);;;;. The maximum absolute atomic E-state index is 11.2. The first kappa shape index (κ1) is 23.0. The predicted octanol–water partition coefficient (Wildman–Crippen LogP) is 1.11. The number of hydrogen-bond donors (Lipinski definition) is 2. The molecule has 0 bridgehead atoms. The number of aromatic nitrogens is 1. The average molecular weight is 375 g/mol. The van der Waals surface area contributed by atoms with Crippen molar-refractivity contribution in [2.75, 3.05) is 0 Å². The highest BCUT2D eigenvalue weighted by atomic mass is 27.0. The molecule has 0 amide bonds. The second-order valence-corrected chi connectivity index (χ2v) is 4.68. The molecule has 0 aliphatic heterocycles. The van der Waals surface area contributed by atoms with Gasteiger partial charge in [-0.25, -0.2) is 9.59 Å². The van der Waals surface area contributed by atoms with Crippen LogP contribution in [0.25, 0.3) is 0 Å². The predicted molar refractivity (Wildman–Crippen MR) is 95.9 cm³/mol. The Kier molecular flexibility index (Phi) is 9.52. The quantitative estimate of drug-likeness (QED) is 0.352. The third-order valence-corrected chi connectivity index (χ3v) is 2.78. The Morgan fingerprint density at radius 3 is 1.92 bits per heavy atom. The van der Waals surface area contributed by atoms with Crippen LogP contribution in [-0.4, -0.2) is 56.2 Å². The first-order valence-corrected chi connectivity index (χ1v) is 6.93. The topological polar surface area (TPSA) is 131 Å². The first-order valence-electron chi connectivity index (χ1n) is 6.93. The summed E-state index contributed by atoms with van der Waals surface area (Å²) < 4.78 is 4.76. The number of pyridine rings is 1. The SMILES string of the molecule is CC(=O)Oc1c(C(C)=O)cccc1C(=O)O.O=C(O)c1cccnc1.[AlH3]. The van der Waals surface area contributed by atoms with Crippen molar-refractivity contribution in [3.63, 3.8) is 0 Å². The Morgan fingerprint density at radius 1 is 0.923 bits per heavy atom. The lowest BCUT2D eigenvalue weighted by atomic mass is 10.1. The van der Waals surface area contributed by atoms with Gasteiger partial charge >= 0.3 is 17.9 Å². The van der Waals surface area contributed by atoms with Gasteiger partial charge in [0.2, 0.25) is 0 Å². The fraction of sp³-hybridized carbons (Fsp3) is 0.118. The number of Topliss-reactive ketones (excluding diaryl/α,β-unsaturated/α-hetero) is 1. The number of benzene rings is 1. The van der Waals surface area contributed by atoms with Crippen LogP contribution in [0.1, 0.15) is 44.9 Å². The molecule has 0 unspecified atom stereocenters. The molecule has 1 heterocycles. The summed E-state index contributed by atoms with van der Waals surface area (Å²) in [5.41, 5.74) is 0.0931. The molecule has 8 nitrogen and oxygen atoms in total. The molecular weight excluding hydrogens is 357 g/mol. The highest BCUT2D eigenvalue weighted by Gasteiger charge is 2.19. The molecule has 2 aromatic rings. The maximum atomic E-state index is 11.2. The van der Waals surface area contributed by atoms with E-state index in [9.17, 15) is 19.2 Å². The molecule has 0 fully saturated rings. The van der Waals surface area contributed by atoms with Gasteiger partial charge in [0.1, 0.15) is 5.56 Å². The van der Waals surface area contributed by atoms with E-state index in [0.717, 1.165) is 6.92 Å². The van der Waals surface area contributed by atoms with E-state index in [4.69, 9.17) is 14.9 Å². The number of nitrogens with zero attached hydrogens (tertiary/aromatic N) is 1. The number of ether oxygens (including phenoxy) is 1. The minimum atomic E-state index is -1.25. The zero-order chi connectivity index (χ0) is 19.0. The van der Waals surface area contributed by atoms with E-state index >= 15 is 0 Å². The number of carboxylic acid groups (broad SMARTS) is 2. The van der Waals surface area contributed by atoms with Crippen LogP contribution >= 0.6 is 0 Å². The van der Waals surface area contributed by atoms with Gasteiger partial charge in [-0.1, -0.05) is 6.07 Å². The van der Waals surface area contributed by atoms with Gasteiger partial charge in [0, 0.05) is 19.3 Å². The molecule has 1 aromatic carbocycles. The lowest BCUT2D eigenvalue weighted by molar-refractivity contribution is -0.131. The van der Waals surface area contributed by atoms with Crippen molar-refractivity contribution in [2.45, 2.75) is 13.8 Å². The third-order valence-electron chi connectivity index (χ3n) is 2.78. The Hall–Kier alpha value is -3.02. The number of para-hydroxylation sites is 1. The van der Waals surface area contributed by atoms with Gasteiger partial charge in [-0.05, 0) is 31.2 Å². The fourth-order valence-corrected chi connectivity index (χ4v) is 1.73.